The van der Waals surface area contributed by atoms with Crippen molar-refractivity contribution < 1.29 is 13.2 Å². The Morgan fingerprint density at radius 1 is 1.29 bits per heavy atom. The van der Waals surface area contributed by atoms with Crippen LogP contribution in [0.1, 0.15) is 20.8 Å². The summed E-state index contributed by atoms with van der Waals surface area (Å²) in [5, 5.41) is 0. The first-order chi connectivity index (χ1) is 6.04. The molecule has 0 aliphatic heterocycles. The molecule has 0 saturated carbocycles. The average Bonchev–Trinajstić information content (AvgIpc) is 1.95. The Hall–Kier alpha value is -0.580. The quantitative estimate of drug-likeness (QED) is 0.699. The topological polar surface area (TPSA) is 54.5 Å². The van der Waals surface area contributed by atoms with Crippen molar-refractivity contribution in [3.63, 3.8) is 0 Å². The molecule has 0 unspecified atom stereocenters. The Bertz CT molecular complexity index is 301. The summed E-state index contributed by atoms with van der Waals surface area (Å²) in [4.78, 5) is 13.1. The molecule has 0 N–H and O–H groups in total. The summed E-state index contributed by atoms with van der Waals surface area (Å²) < 4.78 is 21.7. The van der Waals surface area contributed by atoms with E-state index in [2.05, 4.69) is 0 Å². The van der Waals surface area contributed by atoms with Crippen LogP contribution in [0, 0.1) is 5.41 Å². The van der Waals surface area contributed by atoms with Gasteiger partial charge in [-0.15, -0.1) is 0 Å². The monoisotopic (exact) mass is 221 g/mol. The van der Waals surface area contributed by atoms with E-state index < -0.39 is 15.3 Å². The number of rotatable bonds is 3. The van der Waals surface area contributed by atoms with Gasteiger partial charge in [-0.25, -0.2) is 8.42 Å². The molecule has 0 rings (SSSR count). The Balaban J connectivity index is 4.24. The van der Waals surface area contributed by atoms with Gasteiger partial charge >= 0.3 is 0 Å². The summed E-state index contributed by atoms with van der Waals surface area (Å²) in [7, 11) is -1.37. The second-order valence-corrected chi connectivity index (χ2v) is 6.87. The highest BCUT2D eigenvalue weighted by Gasteiger charge is 2.25. The smallest absolute Gasteiger partial charge is 0.227 e. The lowest BCUT2D eigenvalue weighted by molar-refractivity contribution is -0.137. The number of hydrogen-bond acceptors (Lipinski definition) is 3. The maximum Gasteiger partial charge on any atom is 0.227 e. The Morgan fingerprint density at radius 2 is 1.71 bits per heavy atom. The molecule has 0 bridgehead atoms. The van der Waals surface area contributed by atoms with Crippen LogP contribution < -0.4 is 0 Å². The number of hydrogen-bond donors (Lipinski definition) is 0. The van der Waals surface area contributed by atoms with Gasteiger partial charge in [-0.1, -0.05) is 20.8 Å². The minimum atomic E-state index is -2.99. The van der Waals surface area contributed by atoms with Crippen molar-refractivity contribution in [2.24, 2.45) is 5.41 Å². The lowest BCUT2D eigenvalue weighted by Crippen LogP contribution is -2.39. The van der Waals surface area contributed by atoms with Gasteiger partial charge in [-0.3, -0.25) is 4.79 Å². The van der Waals surface area contributed by atoms with Crippen LogP contribution in [0.3, 0.4) is 0 Å². The van der Waals surface area contributed by atoms with E-state index in [1.807, 2.05) is 20.8 Å². The van der Waals surface area contributed by atoms with Gasteiger partial charge in [0.1, 0.15) is 9.84 Å². The van der Waals surface area contributed by atoms with Gasteiger partial charge in [-0.05, 0) is 0 Å². The minimum absolute atomic E-state index is 0.0192. The highest BCUT2D eigenvalue weighted by Crippen LogP contribution is 2.16. The molecular formula is C9H19NO3S. The maximum absolute atomic E-state index is 11.6. The van der Waals surface area contributed by atoms with Crippen molar-refractivity contribution in [1.29, 1.82) is 0 Å². The number of sulfone groups is 1. The molecule has 84 valence electrons. The van der Waals surface area contributed by atoms with Crippen molar-refractivity contribution in [2.45, 2.75) is 20.8 Å². The van der Waals surface area contributed by atoms with Gasteiger partial charge in [0.2, 0.25) is 5.91 Å². The fraction of sp³-hybridized carbons (Fsp3) is 0.889. The van der Waals surface area contributed by atoms with E-state index >= 15 is 0 Å². The minimum Gasteiger partial charge on any atom is -0.344 e. The summed E-state index contributed by atoms with van der Waals surface area (Å²) >= 11 is 0. The Kier molecular flexibility index (Phi) is 4.12. The van der Waals surface area contributed by atoms with Gasteiger partial charge in [-0.2, -0.15) is 0 Å². The number of carbonyl (C=O) groups excluding carboxylic acids is 1. The third-order valence-corrected chi connectivity index (χ3v) is 2.71. The van der Waals surface area contributed by atoms with Gasteiger partial charge in [0.25, 0.3) is 0 Å². The van der Waals surface area contributed by atoms with Crippen molar-refractivity contribution >= 4 is 15.7 Å². The van der Waals surface area contributed by atoms with Crippen LogP contribution in [0.2, 0.25) is 0 Å². The molecule has 5 heteroatoms. The number of carbonyl (C=O) groups is 1. The largest absolute Gasteiger partial charge is 0.344 e. The van der Waals surface area contributed by atoms with Gasteiger partial charge in [0.05, 0.1) is 5.75 Å². The van der Waals surface area contributed by atoms with Crippen LogP contribution in [0.4, 0.5) is 0 Å². The standard InChI is InChI=1S/C9H19NO3S/c1-9(2,3)8(11)10(4)6-7-14(5,12)13/h6-7H2,1-5H3. The predicted molar refractivity (Wildman–Crippen MR) is 56.8 cm³/mol. The second-order valence-electron chi connectivity index (χ2n) is 4.61. The lowest BCUT2D eigenvalue weighted by Gasteiger charge is -2.25. The van der Waals surface area contributed by atoms with E-state index in [4.69, 9.17) is 0 Å². The second kappa shape index (κ2) is 4.29. The van der Waals surface area contributed by atoms with E-state index in [1.165, 1.54) is 11.2 Å². The maximum atomic E-state index is 11.6. The SMILES string of the molecule is CN(CCS(C)(=O)=O)C(=O)C(C)(C)C. The molecule has 0 atom stereocenters. The number of amides is 1. The predicted octanol–water partition coefficient (Wildman–Crippen LogP) is 0.535. The molecule has 4 nitrogen and oxygen atoms in total. The Morgan fingerprint density at radius 3 is 2.00 bits per heavy atom. The lowest BCUT2D eigenvalue weighted by atomic mass is 9.95. The summed E-state index contributed by atoms with van der Waals surface area (Å²) in [6.45, 7) is 5.69. The van der Waals surface area contributed by atoms with Crippen LogP contribution >= 0.6 is 0 Å². The molecular weight excluding hydrogens is 202 g/mol. The van der Waals surface area contributed by atoms with Gasteiger partial charge in [0.15, 0.2) is 0 Å². The van der Waals surface area contributed by atoms with E-state index in [0.717, 1.165) is 0 Å². The van der Waals surface area contributed by atoms with Crippen molar-refractivity contribution in [3.05, 3.63) is 0 Å². The molecule has 0 aromatic carbocycles. The molecule has 14 heavy (non-hydrogen) atoms. The zero-order chi connectivity index (χ0) is 11.6. The molecule has 0 fully saturated rings. The van der Waals surface area contributed by atoms with Crippen molar-refractivity contribution in [3.8, 4) is 0 Å². The molecule has 0 saturated heterocycles. The molecule has 0 aliphatic carbocycles. The Labute approximate surface area is 86.2 Å². The van der Waals surface area contributed by atoms with E-state index in [-0.39, 0.29) is 18.2 Å². The molecule has 0 heterocycles. The first-order valence-electron chi connectivity index (χ1n) is 4.47. The van der Waals surface area contributed by atoms with Crippen LogP contribution in [-0.2, 0) is 14.6 Å². The van der Waals surface area contributed by atoms with Crippen LogP contribution in [0.15, 0.2) is 0 Å². The van der Waals surface area contributed by atoms with Crippen LogP contribution in [-0.4, -0.2) is 44.8 Å². The van der Waals surface area contributed by atoms with Crippen molar-refractivity contribution in [2.75, 3.05) is 25.6 Å². The first-order valence-corrected chi connectivity index (χ1v) is 6.53. The van der Waals surface area contributed by atoms with E-state index in [0.29, 0.717) is 0 Å². The van der Waals surface area contributed by atoms with Gasteiger partial charge in [0, 0.05) is 25.3 Å². The molecule has 0 aromatic heterocycles. The normalized spacial score (nSPS) is 12.6. The first kappa shape index (κ1) is 13.4. The van der Waals surface area contributed by atoms with E-state index in [9.17, 15) is 13.2 Å². The fourth-order valence-electron chi connectivity index (χ4n) is 0.977. The highest BCUT2D eigenvalue weighted by molar-refractivity contribution is 7.90. The van der Waals surface area contributed by atoms with Crippen molar-refractivity contribution in [1.82, 2.24) is 4.90 Å². The zero-order valence-electron chi connectivity index (χ0n) is 9.49. The van der Waals surface area contributed by atoms with E-state index in [1.54, 1.807) is 7.05 Å². The highest BCUT2D eigenvalue weighted by atomic mass is 32.2. The summed E-state index contributed by atoms with van der Waals surface area (Å²) in [5.74, 6) is -0.0214. The fourth-order valence-corrected chi connectivity index (χ4v) is 1.58. The third-order valence-electron chi connectivity index (χ3n) is 1.79. The number of nitrogens with zero attached hydrogens (tertiary/aromatic N) is 1. The van der Waals surface area contributed by atoms with Crippen LogP contribution in [0.5, 0.6) is 0 Å². The summed E-state index contributed by atoms with van der Waals surface area (Å²) in [6.07, 6.45) is 1.17. The van der Waals surface area contributed by atoms with Crippen LogP contribution in [0.25, 0.3) is 0 Å². The third kappa shape index (κ3) is 5.21. The molecule has 0 radical (unpaired) electrons. The molecule has 0 aliphatic rings. The summed E-state index contributed by atoms with van der Waals surface area (Å²) in [5.41, 5.74) is -0.452. The average molecular weight is 221 g/mol. The summed E-state index contributed by atoms with van der Waals surface area (Å²) in [6, 6.07) is 0. The van der Waals surface area contributed by atoms with Gasteiger partial charge < -0.3 is 4.90 Å². The molecule has 0 aromatic rings. The zero-order valence-corrected chi connectivity index (χ0v) is 10.3. The molecule has 0 spiro atoms. The molecule has 1 amide bonds.